The number of nitrogens with zero attached hydrogens (tertiary/aromatic N) is 1. The molecule has 0 aromatic heterocycles. The van der Waals surface area contributed by atoms with Crippen molar-refractivity contribution in [1.82, 2.24) is 4.90 Å². The largest absolute Gasteiger partial charge is 0.393 e. The van der Waals surface area contributed by atoms with Crippen molar-refractivity contribution in [3.05, 3.63) is 0 Å². The van der Waals surface area contributed by atoms with Gasteiger partial charge in [-0.3, -0.25) is 4.90 Å². The molecule has 3 nitrogen and oxygen atoms in total. The van der Waals surface area contributed by atoms with E-state index in [-0.39, 0.29) is 6.10 Å². The van der Waals surface area contributed by atoms with Gasteiger partial charge in [0.2, 0.25) is 0 Å². The fourth-order valence-corrected chi connectivity index (χ4v) is 1.68. The molecule has 0 bridgehead atoms. The summed E-state index contributed by atoms with van der Waals surface area (Å²) in [5.74, 6) is 0. The van der Waals surface area contributed by atoms with E-state index in [9.17, 15) is 0 Å². The van der Waals surface area contributed by atoms with E-state index in [1.54, 1.807) is 0 Å². The Hall–Kier alpha value is -0.120. The van der Waals surface area contributed by atoms with E-state index in [1.165, 1.54) is 0 Å². The third-order valence-electron chi connectivity index (χ3n) is 2.67. The molecule has 13 heavy (non-hydrogen) atoms. The highest BCUT2D eigenvalue weighted by Gasteiger charge is 2.16. The smallest absolute Gasteiger partial charge is 0.0594 e. The Morgan fingerprint density at radius 2 is 1.85 bits per heavy atom. The summed E-state index contributed by atoms with van der Waals surface area (Å²) in [6.07, 6.45) is 1.82. The van der Waals surface area contributed by atoms with Crippen LogP contribution in [0.4, 0.5) is 0 Å². The van der Waals surface area contributed by atoms with Gasteiger partial charge in [-0.05, 0) is 26.7 Å². The lowest BCUT2D eigenvalue weighted by atomic mass is 10.1. The predicted molar refractivity (Wildman–Crippen MR) is 52.8 cm³/mol. The van der Waals surface area contributed by atoms with Gasteiger partial charge in [-0.15, -0.1) is 0 Å². The lowest BCUT2D eigenvalue weighted by Gasteiger charge is -2.32. The zero-order valence-electron chi connectivity index (χ0n) is 8.70. The average Bonchev–Trinajstić information content (AvgIpc) is 2.15. The topological polar surface area (TPSA) is 32.7 Å². The second kappa shape index (κ2) is 5.58. The Balaban J connectivity index is 2.17. The molecule has 0 saturated carbocycles. The summed E-state index contributed by atoms with van der Waals surface area (Å²) in [6, 6.07) is 0.582. The molecule has 1 heterocycles. The molecule has 0 aliphatic carbocycles. The Kier molecular flexibility index (Phi) is 4.70. The van der Waals surface area contributed by atoms with Gasteiger partial charge < -0.3 is 9.84 Å². The monoisotopic (exact) mass is 187 g/mol. The van der Waals surface area contributed by atoms with E-state index in [1.807, 2.05) is 6.92 Å². The van der Waals surface area contributed by atoms with Crippen LogP contribution in [0.1, 0.15) is 26.7 Å². The SMILES string of the molecule is C[C@H](O)CC[C@H](C)N1CCOCC1. The van der Waals surface area contributed by atoms with Crippen molar-refractivity contribution in [1.29, 1.82) is 0 Å². The van der Waals surface area contributed by atoms with Gasteiger partial charge in [0.05, 0.1) is 19.3 Å². The lowest BCUT2D eigenvalue weighted by Crippen LogP contribution is -2.42. The molecule has 0 radical (unpaired) electrons. The summed E-state index contributed by atoms with van der Waals surface area (Å²) in [6.45, 7) is 7.89. The summed E-state index contributed by atoms with van der Waals surface area (Å²) >= 11 is 0. The number of morpholine rings is 1. The Bertz CT molecular complexity index is 133. The minimum absolute atomic E-state index is 0.163. The molecule has 2 atom stereocenters. The van der Waals surface area contributed by atoms with E-state index < -0.39 is 0 Å². The molecule has 1 saturated heterocycles. The van der Waals surface area contributed by atoms with Crippen LogP contribution in [0.25, 0.3) is 0 Å². The summed E-state index contributed by atoms with van der Waals surface area (Å²) in [7, 11) is 0. The quantitative estimate of drug-likeness (QED) is 0.709. The molecule has 78 valence electrons. The number of hydrogen-bond acceptors (Lipinski definition) is 3. The maximum atomic E-state index is 9.16. The number of rotatable bonds is 4. The highest BCUT2D eigenvalue weighted by Crippen LogP contribution is 2.10. The minimum atomic E-state index is -0.163. The van der Waals surface area contributed by atoms with E-state index in [0.29, 0.717) is 6.04 Å². The highest BCUT2D eigenvalue weighted by atomic mass is 16.5. The van der Waals surface area contributed by atoms with Crippen molar-refractivity contribution >= 4 is 0 Å². The molecule has 1 N–H and O–H groups in total. The van der Waals surface area contributed by atoms with Gasteiger partial charge in [-0.2, -0.15) is 0 Å². The van der Waals surface area contributed by atoms with Crippen LogP contribution in [0.2, 0.25) is 0 Å². The van der Waals surface area contributed by atoms with Crippen LogP contribution in [0.5, 0.6) is 0 Å². The molecule has 1 rings (SSSR count). The third-order valence-corrected chi connectivity index (χ3v) is 2.67. The van der Waals surface area contributed by atoms with E-state index in [4.69, 9.17) is 9.84 Å². The van der Waals surface area contributed by atoms with Gasteiger partial charge in [0.25, 0.3) is 0 Å². The van der Waals surface area contributed by atoms with Crippen LogP contribution in [0, 0.1) is 0 Å². The standard InChI is InChI=1S/C10H21NO2/c1-9(3-4-10(2)12)11-5-7-13-8-6-11/h9-10,12H,3-8H2,1-2H3/t9-,10-/m0/s1. The maximum Gasteiger partial charge on any atom is 0.0594 e. The molecular weight excluding hydrogens is 166 g/mol. The first-order valence-electron chi connectivity index (χ1n) is 5.20. The van der Waals surface area contributed by atoms with Crippen molar-refractivity contribution in [3.8, 4) is 0 Å². The van der Waals surface area contributed by atoms with Gasteiger partial charge >= 0.3 is 0 Å². The summed E-state index contributed by atoms with van der Waals surface area (Å²) in [5.41, 5.74) is 0. The fourth-order valence-electron chi connectivity index (χ4n) is 1.68. The molecule has 1 aliphatic rings. The molecule has 0 aromatic carbocycles. The molecule has 0 spiro atoms. The van der Waals surface area contributed by atoms with Crippen molar-refractivity contribution < 1.29 is 9.84 Å². The van der Waals surface area contributed by atoms with Crippen LogP contribution in [-0.4, -0.2) is 48.5 Å². The van der Waals surface area contributed by atoms with Crippen molar-refractivity contribution in [2.45, 2.75) is 38.8 Å². The second-order valence-electron chi connectivity index (χ2n) is 3.92. The van der Waals surface area contributed by atoms with Crippen molar-refractivity contribution in [2.75, 3.05) is 26.3 Å². The summed E-state index contributed by atoms with van der Waals surface area (Å²) < 4.78 is 5.28. The lowest BCUT2D eigenvalue weighted by molar-refractivity contribution is 0.0159. The van der Waals surface area contributed by atoms with Crippen LogP contribution in [0.15, 0.2) is 0 Å². The second-order valence-corrected chi connectivity index (χ2v) is 3.92. The molecule has 3 heteroatoms. The number of aliphatic hydroxyl groups excluding tert-OH is 1. The average molecular weight is 187 g/mol. The van der Waals surface area contributed by atoms with Gasteiger partial charge in [0.1, 0.15) is 0 Å². The molecule has 0 unspecified atom stereocenters. The first kappa shape index (κ1) is 11.0. The highest BCUT2D eigenvalue weighted by molar-refractivity contribution is 4.70. The number of aliphatic hydroxyl groups is 1. The Morgan fingerprint density at radius 1 is 1.23 bits per heavy atom. The van der Waals surface area contributed by atoms with Gasteiger partial charge in [0, 0.05) is 19.1 Å². The van der Waals surface area contributed by atoms with Crippen LogP contribution < -0.4 is 0 Å². The van der Waals surface area contributed by atoms with Gasteiger partial charge in [-0.25, -0.2) is 0 Å². The Labute approximate surface area is 80.7 Å². The van der Waals surface area contributed by atoms with Gasteiger partial charge in [0.15, 0.2) is 0 Å². The summed E-state index contributed by atoms with van der Waals surface area (Å²) in [5, 5.41) is 9.16. The van der Waals surface area contributed by atoms with Crippen LogP contribution >= 0.6 is 0 Å². The molecule has 1 aliphatic heterocycles. The summed E-state index contributed by atoms with van der Waals surface area (Å²) in [4.78, 5) is 2.44. The maximum absolute atomic E-state index is 9.16. The van der Waals surface area contributed by atoms with Gasteiger partial charge in [-0.1, -0.05) is 0 Å². The molecule has 1 fully saturated rings. The molecule has 0 aromatic rings. The fraction of sp³-hybridized carbons (Fsp3) is 1.00. The number of hydrogen-bond donors (Lipinski definition) is 1. The Morgan fingerprint density at radius 3 is 2.38 bits per heavy atom. The third kappa shape index (κ3) is 4.07. The van der Waals surface area contributed by atoms with E-state index >= 15 is 0 Å². The van der Waals surface area contributed by atoms with Crippen LogP contribution in [0.3, 0.4) is 0 Å². The normalized spacial score (nSPS) is 24.2. The predicted octanol–water partition coefficient (Wildman–Crippen LogP) is 0.868. The van der Waals surface area contributed by atoms with Crippen molar-refractivity contribution in [2.24, 2.45) is 0 Å². The van der Waals surface area contributed by atoms with Crippen molar-refractivity contribution in [3.63, 3.8) is 0 Å². The van der Waals surface area contributed by atoms with E-state index in [2.05, 4.69) is 11.8 Å². The molecule has 0 amide bonds. The van der Waals surface area contributed by atoms with E-state index in [0.717, 1.165) is 39.1 Å². The molecular formula is C10H21NO2. The zero-order valence-corrected chi connectivity index (χ0v) is 8.70. The zero-order chi connectivity index (χ0) is 9.68. The number of ether oxygens (including phenoxy) is 1. The first-order chi connectivity index (χ1) is 6.20. The van der Waals surface area contributed by atoms with Crippen LogP contribution in [-0.2, 0) is 4.74 Å². The first-order valence-corrected chi connectivity index (χ1v) is 5.20. The minimum Gasteiger partial charge on any atom is -0.393 e.